The maximum atomic E-state index is 5.38. The van der Waals surface area contributed by atoms with Gasteiger partial charge in [0.2, 0.25) is 5.95 Å². The molecule has 19 heavy (non-hydrogen) atoms. The van der Waals surface area contributed by atoms with Crippen molar-refractivity contribution in [2.45, 2.75) is 40.5 Å². The molecule has 1 aliphatic rings. The molecule has 2 heterocycles. The van der Waals surface area contributed by atoms with Crippen molar-refractivity contribution < 1.29 is 0 Å². The molecule has 3 N–H and O–H groups in total. The lowest BCUT2D eigenvalue weighted by Crippen LogP contribution is -2.38. The van der Waals surface area contributed by atoms with Crippen LogP contribution < -0.4 is 16.2 Å². The van der Waals surface area contributed by atoms with Crippen molar-refractivity contribution in [1.82, 2.24) is 9.97 Å². The third-order valence-corrected chi connectivity index (χ3v) is 4.09. The zero-order valence-corrected chi connectivity index (χ0v) is 12.4. The highest BCUT2D eigenvalue weighted by Gasteiger charge is 2.29. The summed E-state index contributed by atoms with van der Waals surface area (Å²) in [5, 5.41) is 0. The maximum Gasteiger partial charge on any atom is 0.239 e. The van der Waals surface area contributed by atoms with E-state index in [-0.39, 0.29) is 0 Å². The smallest absolute Gasteiger partial charge is 0.239 e. The largest absolute Gasteiger partial charge is 0.356 e. The molecule has 0 spiro atoms. The summed E-state index contributed by atoms with van der Waals surface area (Å²) in [4.78, 5) is 11.0. The number of aryl methyl sites for hydroxylation is 1. The summed E-state index contributed by atoms with van der Waals surface area (Å²) in [5.74, 6) is 7.67. The van der Waals surface area contributed by atoms with Crippen LogP contribution in [0.1, 0.15) is 39.2 Å². The van der Waals surface area contributed by atoms with Crippen LogP contribution in [0.2, 0.25) is 0 Å². The number of nitrogens with one attached hydrogen (secondary N) is 1. The number of rotatable bonds is 2. The number of nitrogen functional groups attached to an aromatic ring is 1. The minimum Gasteiger partial charge on any atom is -0.356 e. The second-order valence-electron chi connectivity index (χ2n) is 6.47. The third kappa shape index (κ3) is 3.15. The zero-order valence-electron chi connectivity index (χ0n) is 12.4. The van der Waals surface area contributed by atoms with E-state index in [0.29, 0.717) is 11.4 Å². The summed E-state index contributed by atoms with van der Waals surface area (Å²) < 4.78 is 0. The molecule has 1 fully saturated rings. The third-order valence-electron chi connectivity index (χ3n) is 4.09. The summed E-state index contributed by atoms with van der Waals surface area (Å²) in [6, 6.07) is 0. The van der Waals surface area contributed by atoms with Gasteiger partial charge in [-0.05, 0) is 31.1 Å². The van der Waals surface area contributed by atoms with E-state index in [4.69, 9.17) is 5.84 Å². The zero-order chi connectivity index (χ0) is 14.0. The lowest BCUT2D eigenvalue weighted by molar-refractivity contribution is 0.198. The van der Waals surface area contributed by atoms with Gasteiger partial charge in [0, 0.05) is 24.8 Å². The molecule has 0 unspecified atom stereocenters. The predicted octanol–water partition coefficient (Wildman–Crippen LogP) is 2.33. The molecule has 0 bridgehead atoms. The van der Waals surface area contributed by atoms with Gasteiger partial charge in [-0.25, -0.2) is 10.8 Å². The summed E-state index contributed by atoms with van der Waals surface area (Å²) in [6.45, 7) is 11.2. The molecular formula is C14H25N5. The van der Waals surface area contributed by atoms with E-state index in [9.17, 15) is 0 Å². The molecule has 5 heteroatoms. The Morgan fingerprint density at radius 3 is 2.47 bits per heavy atom. The van der Waals surface area contributed by atoms with Gasteiger partial charge in [0.15, 0.2) is 0 Å². The van der Waals surface area contributed by atoms with Crippen LogP contribution in [-0.2, 0) is 0 Å². The average Bonchev–Trinajstić information content (AvgIpc) is 2.38. The number of aromatic nitrogens is 2. The normalized spacial score (nSPS) is 17.6. The van der Waals surface area contributed by atoms with Crippen LogP contribution in [-0.4, -0.2) is 23.1 Å². The van der Waals surface area contributed by atoms with Crippen LogP contribution in [0.25, 0.3) is 0 Å². The van der Waals surface area contributed by atoms with Crippen molar-refractivity contribution in [2.75, 3.05) is 23.4 Å². The van der Waals surface area contributed by atoms with Gasteiger partial charge < -0.3 is 4.90 Å². The van der Waals surface area contributed by atoms with Crippen molar-refractivity contribution >= 4 is 11.8 Å². The summed E-state index contributed by atoms with van der Waals surface area (Å²) in [6.07, 6.45) is 4.27. The first-order chi connectivity index (χ1) is 8.91. The molecule has 106 valence electrons. The summed E-state index contributed by atoms with van der Waals surface area (Å²) in [5.41, 5.74) is 4.02. The van der Waals surface area contributed by atoms with E-state index in [0.717, 1.165) is 30.4 Å². The van der Waals surface area contributed by atoms with Crippen molar-refractivity contribution in [3.63, 3.8) is 0 Å². The highest BCUT2D eigenvalue weighted by Crippen LogP contribution is 2.35. The molecule has 1 aromatic rings. The Balaban J connectivity index is 2.09. The molecule has 1 aliphatic heterocycles. The number of hydrogen-bond donors (Lipinski definition) is 2. The van der Waals surface area contributed by atoms with E-state index < -0.39 is 0 Å². The van der Waals surface area contributed by atoms with Gasteiger partial charge in [-0.15, -0.1) is 0 Å². The first-order valence-electron chi connectivity index (χ1n) is 6.97. The molecular weight excluding hydrogens is 238 g/mol. The van der Waals surface area contributed by atoms with Gasteiger partial charge in [-0.3, -0.25) is 5.43 Å². The van der Waals surface area contributed by atoms with Crippen molar-refractivity contribution in [3.8, 4) is 0 Å². The summed E-state index contributed by atoms with van der Waals surface area (Å²) in [7, 11) is 0. The fourth-order valence-corrected chi connectivity index (χ4v) is 2.78. The molecule has 0 radical (unpaired) electrons. The van der Waals surface area contributed by atoms with Gasteiger partial charge in [0.1, 0.15) is 5.82 Å². The van der Waals surface area contributed by atoms with E-state index in [1.807, 2.05) is 13.1 Å². The lowest BCUT2D eigenvalue weighted by atomic mass is 9.75. The molecule has 1 saturated heterocycles. The van der Waals surface area contributed by atoms with E-state index in [1.54, 1.807) is 0 Å². The second-order valence-corrected chi connectivity index (χ2v) is 6.47. The lowest BCUT2D eigenvalue weighted by Gasteiger charge is -2.39. The van der Waals surface area contributed by atoms with Crippen molar-refractivity contribution in [3.05, 3.63) is 11.8 Å². The number of piperidine rings is 1. The Hall–Kier alpha value is -1.36. The van der Waals surface area contributed by atoms with Crippen molar-refractivity contribution in [1.29, 1.82) is 0 Å². The first kappa shape index (κ1) is 14.1. The molecule has 0 aromatic carbocycles. The number of hydrazine groups is 1. The van der Waals surface area contributed by atoms with Crippen LogP contribution in [0, 0.1) is 18.3 Å². The minimum atomic E-state index is 0.400. The van der Waals surface area contributed by atoms with Gasteiger partial charge in [-0.1, -0.05) is 20.8 Å². The van der Waals surface area contributed by atoms with Gasteiger partial charge in [-0.2, -0.15) is 4.98 Å². The Bertz CT molecular complexity index is 430. The SMILES string of the molecule is Cc1cnc(NN)nc1N1CCC(C(C)(C)C)CC1. The average molecular weight is 263 g/mol. The Kier molecular flexibility index (Phi) is 3.94. The fourth-order valence-electron chi connectivity index (χ4n) is 2.78. The number of nitrogens with zero attached hydrogens (tertiary/aromatic N) is 3. The quantitative estimate of drug-likeness (QED) is 0.633. The van der Waals surface area contributed by atoms with Gasteiger partial charge in [0.25, 0.3) is 0 Å². The monoisotopic (exact) mass is 263 g/mol. The fraction of sp³-hybridized carbons (Fsp3) is 0.714. The topological polar surface area (TPSA) is 67.1 Å². The van der Waals surface area contributed by atoms with Crippen LogP contribution in [0.15, 0.2) is 6.20 Å². The predicted molar refractivity (Wildman–Crippen MR) is 79.0 cm³/mol. The molecule has 0 amide bonds. The molecule has 5 nitrogen and oxygen atoms in total. The van der Waals surface area contributed by atoms with Crippen molar-refractivity contribution in [2.24, 2.45) is 17.2 Å². The minimum absolute atomic E-state index is 0.400. The van der Waals surface area contributed by atoms with Crippen LogP contribution in [0.4, 0.5) is 11.8 Å². The van der Waals surface area contributed by atoms with E-state index in [2.05, 4.69) is 41.1 Å². The van der Waals surface area contributed by atoms with Gasteiger partial charge >= 0.3 is 0 Å². The number of hydrogen-bond acceptors (Lipinski definition) is 5. The van der Waals surface area contributed by atoms with Crippen LogP contribution >= 0.6 is 0 Å². The van der Waals surface area contributed by atoms with Crippen LogP contribution in [0.5, 0.6) is 0 Å². The number of nitrogens with two attached hydrogens (primary N) is 1. The number of anilines is 2. The van der Waals surface area contributed by atoms with Gasteiger partial charge in [0.05, 0.1) is 0 Å². The highest BCUT2D eigenvalue weighted by atomic mass is 15.3. The Morgan fingerprint density at radius 1 is 1.32 bits per heavy atom. The molecule has 0 atom stereocenters. The second kappa shape index (κ2) is 5.33. The Morgan fingerprint density at radius 2 is 1.95 bits per heavy atom. The molecule has 1 aromatic heterocycles. The van der Waals surface area contributed by atoms with E-state index in [1.165, 1.54) is 12.8 Å². The van der Waals surface area contributed by atoms with Crippen LogP contribution in [0.3, 0.4) is 0 Å². The maximum absolute atomic E-state index is 5.38. The van der Waals surface area contributed by atoms with E-state index >= 15 is 0 Å². The molecule has 0 saturated carbocycles. The summed E-state index contributed by atoms with van der Waals surface area (Å²) >= 11 is 0. The first-order valence-corrected chi connectivity index (χ1v) is 6.97. The standard InChI is InChI=1S/C14H25N5/c1-10-9-16-13(18-15)17-12(10)19-7-5-11(6-8-19)14(2,3)4/h9,11H,5-8,15H2,1-4H3,(H,16,17,18). The molecule has 2 rings (SSSR count). The molecule has 0 aliphatic carbocycles. The highest BCUT2D eigenvalue weighted by molar-refractivity contribution is 5.49. The Labute approximate surface area is 115 Å².